The van der Waals surface area contributed by atoms with Gasteiger partial charge in [0.15, 0.2) is 0 Å². The number of aryl methyl sites for hydroxylation is 1. The van der Waals surface area contributed by atoms with E-state index in [9.17, 15) is 0 Å². The number of hydrogen-bond acceptors (Lipinski definition) is 3. The lowest BCUT2D eigenvalue weighted by atomic mass is 10.1. The van der Waals surface area contributed by atoms with E-state index >= 15 is 0 Å². The Kier molecular flexibility index (Phi) is 5.59. The Morgan fingerprint density at radius 1 is 1.18 bits per heavy atom. The van der Waals surface area contributed by atoms with E-state index in [1.807, 2.05) is 13.0 Å². The largest absolute Gasteiger partial charge is 0.312 e. The maximum absolute atomic E-state index is 4.45. The smallest absolute Gasteiger partial charge is 0.0544 e. The minimum absolute atomic E-state index is 0.220. The maximum Gasteiger partial charge on any atom is 0.0544 e. The van der Waals surface area contributed by atoms with Crippen LogP contribution in [0.4, 0.5) is 0 Å². The van der Waals surface area contributed by atoms with Crippen LogP contribution in [0.15, 0.2) is 18.2 Å². The van der Waals surface area contributed by atoms with Crippen molar-refractivity contribution < 1.29 is 0 Å². The maximum atomic E-state index is 4.45. The first-order chi connectivity index (χ1) is 7.97. The molecular formula is C14H25N3. The zero-order valence-corrected chi connectivity index (χ0v) is 11.5. The molecule has 1 rings (SSSR count). The highest BCUT2D eigenvalue weighted by Gasteiger charge is 2.06. The quantitative estimate of drug-likeness (QED) is 0.743. The van der Waals surface area contributed by atoms with E-state index in [0.717, 1.165) is 37.4 Å². The fourth-order valence-electron chi connectivity index (χ4n) is 1.59. The van der Waals surface area contributed by atoms with Gasteiger partial charge in [-0.2, -0.15) is 0 Å². The predicted molar refractivity (Wildman–Crippen MR) is 73.1 cm³/mol. The average molecular weight is 235 g/mol. The number of aromatic nitrogens is 1. The van der Waals surface area contributed by atoms with Crippen molar-refractivity contribution in [3.63, 3.8) is 0 Å². The molecule has 0 radical (unpaired) electrons. The Morgan fingerprint density at radius 3 is 2.59 bits per heavy atom. The zero-order valence-electron chi connectivity index (χ0n) is 11.5. The third kappa shape index (κ3) is 7.08. The van der Waals surface area contributed by atoms with Gasteiger partial charge in [0.05, 0.1) is 5.69 Å². The van der Waals surface area contributed by atoms with Crippen molar-refractivity contribution >= 4 is 0 Å². The van der Waals surface area contributed by atoms with Crippen molar-refractivity contribution in [1.29, 1.82) is 0 Å². The van der Waals surface area contributed by atoms with E-state index < -0.39 is 0 Å². The molecular weight excluding hydrogens is 210 g/mol. The Bertz CT molecular complexity index is 328. The van der Waals surface area contributed by atoms with Crippen LogP contribution in [0.2, 0.25) is 0 Å². The van der Waals surface area contributed by atoms with Crippen molar-refractivity contribution in [3.8, 4) is 0 Å². The van der Waals surface area contributed by atoms with Crippen LogP contribution in [-0.2, 0) is 6.54 Å². The highest BCUT2D eigenvalue weighted by atomic mass is 15.0. The van der Waals surface area contributed by atoms with Crippen molar-refractivity contribution in [2.24, 2.45) is 0 Å². The number of nitrogens with one attached hydrogen (secondary N) is 2. The molecule has 0 saturated heterocycles. The molecule has 1 heterocycles. The zero-order chi connectivity index (χ0) is 12.7. The van der Waals surface area contributed by atoms with Crippen LogP contribution >= 0.6 is 0 Å². The van der Waals surface area contributed by atoms with E-state index in [0.29, 0.717) is 0 Å². The third-order valence-corrected chi connectivity index (χ3v) is 2.44. The second-order valence-corrected chi connectivity index (χ2v) is 5.48. The molecule has 0 aromatic carbocycles. The van der Waals surface area contributed by atoms with Crippen LogP contribution in [-0.4, -0.2) is 23.6 Å². The summed E-state index contributed by atoms with van der Waals surface area (Å²) in [6.45, 7) is 11.5. The molecule has 0 saturated carbocycles. The van der Waals surface area contributed by atoms with Gasteiger partial charge in [-0.15, -0.1) is 0 Å². The van der Waals surface area contributed by atoms with E-state index in [4.69, 9.17) is 0 Å². The van der Waals surface area contributed by atoms with Crippen LogP contribution in [0.1, 0.15) is 38.6 Å². The van der Waals surface area contributed by atoms with Gasteiger partial charge in [-0.3, -0.25) is 4.98 Å². The normalized spacial score (nSPS) is 11.8. The fraction of sp³-hybridized carbons (Fsp3) is 0.643. The summed E-state index contributed by atoms with van der Waals surface area (Å²) in [5, 5.41) is 6.89. The van der Waals surface area contributed by atoms with Crippen molar-refractivity contribution in [1.82, 2.24) is 15.6 Å². The summed E-state index contributed by atoms with van der Waals surface area (Å²) in [5.41, 5.74) is 2.42. The van der Waals surface area contributed by atoms with Gasteiger partial charge in [-0.25, -0.2) is 0 Å². The summed E-state index contributed by atoms with van der Waals surface area (Å²) in [6, 6.07) is 6.14. The third-order valence-electron chi connectivity index (χ3n) is 2.44. The van der Waals surface area contributed by atoms with Crippen LogP contribution in [0, 0.1) is 6.92 Å². The molecule has 0 atom stereocenters. The summed E-state index contributed by atoms with van der Waals surface area (Å²) >= 11 is 0. The van der Waals surface area contributed by atoms with Gasteiger partial charge in [-0.1, -0.05) is 6.07 Å². The Hall–Kier alpha value is -0.930. The summed E-state index contributed by atoms with van der Waals surface area (Å²) < 4.78 is 0. The van der Waals surface area contributed by atoms with Crippen molar-refractivity contribution in [3.05, 3.63) is 29.6 Å². The minimum Gasteiger partial charge on any atom is -0.312 e. The first-order valence-corrected chi connectivity index (χ1v) is 6.36. The second kappa shape index (κ2) is 6.72. The number of hydrogen-bond donors (Lipinski definition) is 2. The van der Waals surface area contributed by atoms with Crippen LogP contribution < -0.4 is 10.6 Å². The SMILES string of the molecule is Cc1cccc(CNCCCNC(C)(C)C)n1. The fourth-order valence-corrected chi connectivity index (χ4v) is 1.59. The molecule has 0 aliphatic heterocycles. The molecule has 17 heavy (non-hydrogen) atoms. The molecule has 3 heteroatoms. The Morgan fingerprint density at radius 2 is 1.94 bits per heavy atom. The molecule has 0 amide bonds. The molecule has 0 unspecified atom stereocenters. The van der Waals surface area contributed by atoms with Gasteiger partial charge in [0.25, 0.3) is 0 Å². The van der Waals surface area contributed by atoms with Gasteiger partial charge in [-0.05, 0) is 59.3 Å². The van der Waals surface area contributed by atoms with E-state index in [-0.39, 0.29) is 5.54 Å². The number of rotatable bonds is 6. The molecule has 0 fully saturated rings. The summed E-state index contributed by atoms with van der Waals surface area (Å²) in [6.07, 6.45) is 1.14. The van der Waals surface area contributed by atoms with Crippen molar-refractivity contribution in [2.45, 2.75) is 46.2 Å². The lowest BCUT2D eigenvalue weighted by molar-refractivity contribution is 0.418. The van der Waals surface area contributed by atoms with E-state index in [2.05, 4.69) is 48.5 Å². The number of pyridine rings is 1. The Balaban J connectivity index is 2.09. The van der Waals surface area contributed by atoms with Gasteiger partial charge >= 0.3 is 0 Å². The molecule has 3 nitrogen and oxygen atoms in total. The highest BCUT2D eigenvalue weighted by Crippen LogP contribution is 1.98. The lowest BCUT2D eigenvalue weighted by Crippen LogP contribution is -2.37. The minimum atomic E-state index is 0.220. The predicted octanol–water partition coefficient (Wildman–Crippen LogP) is 2.26. The first-order valence-electron chi connectivity index (χ1n) is 6.36. The molecule has 0 bridgehead atoms. The Labute approximate surface area is 105 Å². The van der Waals surface area contributed by atoms with Gasteiger partial charge in [0, 0.05) is 17.8 Å². The van der Waals surface area contributed by atoms with Gasteiger partial charge in [0.2, 0.25) is 0 Å². The summed E-state index contributed by atoms with van der Waals surface area (Å²) in [4.78, 5) is 4.45. The van der Waals surface area contributed by atoms with Crippen LogP contribution in [0.25, 0.3) is 0 Å². The monoisotopic (exact) mass is 235 g/mol. The molecule has 0 spiro atoms. The molecule has 1 aromatic heterocycles. The van der Waals surface area contributed by atoms with E-state index in [1.54, 1.807) is 0 Å². The van der Waals surface area contributed by atoms with E-state index in [1.165, 1.54) is 0 Å². The average Bonchev–Trinajstić information content (AvgIpc) is 2.22. The second-order valence-electron chi connectivity index (χ2n) is 5.48. The first kappa shape index (κ1) is 14.1. The molecule has 0 aliphatic carbocycles. The van der Waals surface area contributed by atoms with Crippen LogP contribution in [0.5, 0.6) is 0 Å². The summed E-state index contributed by atoms with van der Waals surface area (Å²) in [5.74, 6) is 0. The van der Waals surface area contributed by atoms with Crippen LogP contribution in [0.3, 0.4) is 0 Å². The molecule has 1 aromatic rings. The molecule has 2 N–H and O–H groups in total. The van der Waals surface area contributed by atoms with Crippen molar-refractivity contribution in [2.75, 3.05) is 13.1 Å². The number of nitrogens with zero attached hydrogens (tertiary/aromatic N) is 1. The molecule has 0 aliphatic rings. The van der Waals surface area contributed by atoms with Gasteiger partial charge in [0.1, 0.15) is 0 Å². The topological polar surface area (TPSA) is 37.0 Å². The highest BCUT2D eigenvalue weighted by molar-refractivity contribution is 5.09. The standard InChI is InChI=1S/C14H25N3/c1-12-7-5-8-13(17-12)11-15-9-6-10-16-14(2,3)4/h5,7-8,15-16H,6,9-11H2,1-4H3. The van der Waals surface area contributed by atoms with Gasteiger partial charge < -0.3 is 10.6 Å². The molecule has 96 valence electrons. The summed E-state index contributed by atoms with van der Waals surface area (Å²) in [7, 11) is 0. The lowest BCUT2D eigenvalue weighted by Gasteiger charge is -2.20.